The van der Waals surface area contributed by atoms with Crippen LogP contribution < -0.4 is 5.73 Å². The molecule has 3 nitrogen and oxygen atoms in total. The Morgan fingerprint density at radius 1 is 1.27 bits per heavy atom. The van der Waals surface area contributed by atoms with Crippen molar-refractivity contribution in [1.82, 2.24) is 9.97 Å². The van der Waals surface area contributed by atoms with Crippen molar-refractivity contribution in [1.29, 1.82) is 0 Å². The highest BCUT2D eigenvalue weighted by Gasteiger charge is 2.08. The average molecular weight is 220 g/mol. The molecule has 0 aliphatic rings. The summed E-state index contributed by atoms with van der Waals surface area (Å²) in [6, 6.07) is 7.93. The summed E-state index contributed by atoms with van der Waals surface area (Å²) >= 11 is 6.03. The van der Waals surface area contributed by atoms with Crippen LogP contribution in [0.2, 0.25) is 5.02 Å². The third-order valence-corrected chi connectivity index (χ3v) is 2.48. The van der Waals surface area contributed by atoms with Crippen LogP contribution in [0.4, 0.5) is 5.82 Å². The summed E-state index contributed by atoms with van der Waals surface area (Å²) < 4.78 is 0. The molecular weight excluding hydrogens is 210 g/mol. The van der Waals surface area contributed by atoms with E-state index < -0.39 is 0 Å². The number of aryl methyl sites for hydroxylation is 1. The smallest absolute Gasteiger partial charge is 0.146 e. The Kier molecular flexibility index (Phi) is 2.56. The van der Waals surface area contributed by atoms with E-state index in [0.717, 1.165) is 11.1 Å². The normalized spacial score (nSPS) is 10.3. The van der Waals surface area contributed by atoms with Crippen LogP contribution >= 0.6 is 11.6 Å². The first kappa shape index (κ1) is 9.93. The molecule has 1 aromatic heterocycles. The predicted octanol–water partition coefficient (Wildman–Crippen LogP) is 2.69. The zero-order chi connectivity index (χ0) is 10.8. The van der Waals surface area contributed by atoms with Crippen molar-refractivity contribution in [2.75, 3.05) is 5.73 Å². The lowest BCUT2D eigenvalue weighted by molar-refractivity contribution is 1.18. The van der Waals surface area contributed by atoms with E-state index in [1.807, 2.05) is 31.2 Å². The Bertz CT molecular complexity index is 497. The van der Waals surface area contributed by atoms with E-state index in [9.17, 15) is 0 Å². The fourth-order valence-corrected chi connectivity index (χ4v) is 1.58. The third-order valence-electron chi connectivity index (χ3n) is 2.11. The van der Waals surface area contributed by atoms with Crippen LogP contribution in [0.1, 0.15) is 5.56 Å². The molecule has 2 aromatic rings. The first-order valence-corrected chi connectivity index (χ1v) is 4.89. The maximum absolute atomic E-state index is 6.03. The topological polar surface area (TPSA) is 51.8 Å². The molecule has 0 saturated heterocycles. The van der Waals surface area contributed by atoms with Crippen LogP contribution in [0.5, 0.6) is 0 Å². The molecule has 0 fully saturated rings. The number of hydrogen-bond acceptors (Lipinski definition) is 3. The van der Waals surface area contributed by atoms with Gasteiger partial charge < -0.3 is 5.73 Å². The molecule has 76 valence electrons. The van der Waals surface area contributed by atoms with Gasteiger partial charge in [0.15, 0.2) is 0 Å². The van der Waals surface area contributed by atoms with Crippen molar-refractivity contribution >= 4 is 17.4 Å². The van der Waals surface area contributed by atoms with Crippen molar-refractivity contribution in [2.45, 2.75) is 6.92 Å². The molecule has 2 rings (SSSR count). The summed E-state index contributed by atoms with van der Waals surface area (Å²) in [5.74, 6) is 0.308. The van der Waals surface area contributed by atoms with Gasteiger partial charge in [0.2, 0.25) is 0 Å². The lowest BCUT2D eigenvalue weighted by atomic mass is 10.1. The zero-order valence-electron chi connectivity index (χ0n) is 8.24. The molecule has 0 spiro atoms. The van der Waals surface area contributed by atoms with E-state index in [4.69, 9.17) is 17.3 Å². The van der Waals surface area contributed by atoms with Crippen LogP contribution in [0.25, 0.3) is 11.3 Å². The van der Waals surface area contributed by atoms with Gasteiger partial charge in [0.05, 0.1) is 5.69 Å². The summed E-state index contributed by atoms with van der Waals surface area (Å²) in [6.07, 6.45) is 1.42. The van der Waals surface area contributed by atoms with E-state index >= 15 is 0 Å². The Labute approximate surface area is 92.9 Å². The monoisotopic (exact) mass is 219 g/mol. The van der Waals surface area contributed by atoms with Gasteiger partial charge in [0, 0.05) is 5.56 Å². The lowest BCUT2D eigenvalue weighted by Gasteiger charge is -2.05. The summed E-state index contributed by atoms with van der Waals surface area (Å²) in [5.41, 5.74) is 8.39. The van der Waals surface area contributed by atoms with Crippen molar-refractivity contribution in [3.8, 4) is 11.3 Å². The highest BCUT2D eigenvalue weighted by Crippen LogP contribution is 2.28. The number of nitrogen functional groups attached to an aromatic ring is 1. The molecule has 0 unspecified atom stereocenters. The second-order valence-corrected chi connectivity index (χ2v) is 3.67. The molecular formula is C11H10ClN3. The Hall–Kier alpha value is -1.61. The second-order valence-electron chi connectivity index (χ2n) is 3.29. The minimum Gasteiger partial charge on any atom is -0.382 e. The summed E-state index contributed by atoms with van der Waals surface area (Å²) in [7, 11) is 0. The highest BCUT2D eigenvalue weighted by molar-refractivity contribution is 6.35. The Morgan fingerprint density at radius 3 is 2.80 bits per heavy atom. The van der Waals surface area contributed by atoms with E-state index in [2.05, 4.69) is 9.97 Å². The number of hydrogen-bond donors (Lipinski definition) is 1. The molecule has 15 heavy (non-hydrogen) atoms. The molecule has 4 heteroatoms. The Balaban J connectivity index is 2.59. The van der Waals surface area contributed by atoms with Crippen molar-refractivity contribution in [2.24, 2.45) is 0 Å². The van der Waals surface area contributed by atoms with E-state index in [0.29, 0.717) is 16.5 Å². The van der Waals surface area contributed by atoms with Crippen molar-refractivity contribution in [3.63, 3.8) is 0 Å². The molecule has 0 amide bonds. The van der Waals surface area contributed by atoms with Crippen molar-refractivity contribution < 1.29 is 0 Å². The number of aromatic nitrogens is 2. The molecule has 1 heterocycles. The first-order chi connectivity index (χ1) is 7.18. The highest BCUT2D eigenvalue weighted by atomic mass is 35.5. The van der Waals surface area contributed by atoms with Crippen LogP contribution in [0.15, 0.2) is 30.6 Å². The molecule has 0 saturated carbocycles. The van der Waals surface area contributed by atoms with Gasteiger partial charge in [-0.2, -0.15) is 0 Å². The predicted molar refractivity (Wildman–Crippen MR) is 61.6 cm³/mol. The third kappa shape index (κ3) is 1.92. The SMILES string of the molecule is Cc1cccc(-c2ncnc(N)c2Cl)c1. The van der Waals surface area contributed by atoms with Crippen LogP contribution in [0, 0.1) is 6.92 Å². The maximum Gasteiger partial charge on any atom is 0.146 e. The number of nitrogens with zero attached hydrogens (tertiary/aromatic N) is 2. The standard InChI is InChI=1S/C11H10ClN3/c1-7-3-2-4-8(5-7)10-9(12)11(13)15-6-14-10/h2-6H,1H3,(H2,13,14,15). The van der Waals surface area contributed by atoms with Crippen molar-refractivity contribution in [3.05, 3.63) is 41.2 Å². The van der Waals surface area contributed by atoms with E-state index in [1.165, 1.54) is 6.33 Å². The number of nitrogens with two attached hydrogens (primary N) is 1. The van der Waals surface area contributed by atoms with Gasteiger partial charge in [0.25, 0.3) is 0 Å². The first-order valence-electron chi connectivity index (χ1n) is 4.51. The van der Waals surface area contributed by atoms with Gasteiger partial charge in [-0.3, -0.25) is 0 Å². The summed E-state index contributed by atoms with van der Waals surface area (Å²) in [5, 5.41) is 0.406. The van der Waals surface area contributed by atoms with Crippen LogP contribution in [-0.2, 0) is 0 Å². The van der Waals surface area contributed by atoms with Crippen LogP contribution in [-0.4, -0.2) is 9.97 Å². The van der Waals surface area contributed by atoms with Gasteiger partial charge in [-0.25, -0.2) is 9.97 Å². The van der Waals surface area contributed by atoms with Gasteiger partial charge in [-0.15, -0.1) is 0 Å². The van der Waals surface area contributed by atoms with Gasteiger partial charge in [-0.05, 0) is 13.0 Å². The fraction of sp³-hybridized carbons (Fsp3) is 0.0909. The average Bonchev–Trinajstić information content (AvgIpc) is 2.22. The van der Waals surface area contributed by atoms with Gasteiger partial charge in [-0.1, -0.05) is 35.4 Å². The van der Waals surface area contributed by atoms with E-state index in [-0.39, 0.29) is 0 Å². The van der Waals surface area contributed by atoms with E-state index in [1.54, 1.807) is 0 Å². The van der Waals surface area contributed by atoms with Crippen LogP contribution in [0.3, 0.4) is 0 Å². The van der Waals surface area contributed by atoms with Gasteiger partial charge >= 0.3 is 0 Å². The molecule has 0 atom stereocenters. The molecule has 0 aliphatic heterocycles. The largest absolute Gasteiger partial charge is 0.382 e. The van der Waals surface area contributed by atoms with Gasteiger partial charge in [0.1, 0.15) is 17.2 Å². The molecule has 0 radical (unpaired) electrons. The number of rotatable bonds is 1. The molecule has 0 aliphatic carbocycles. The maximum atomic E-state index is 6.03. The fourth-order valence-electron chi connectivity index (χ4n) is 1.38. The number of benzene rings is 1. The number of anilines is 1. The second kappa shape index (κ2) is 3.87. The summed E-state index contributed by atoms with van der Waals surface area (Å²) in [6.45, 7) is 2.02. The molecule has 0 bridgehead atoms. The quantitative estimate of drug-likeness (QED) is 0.802. The Morgan fingerprint density at radius 2 is 2.07 bits per heavy atom. The minimum absolute atomic E-state index is 0.308. The molecule has 2 N–H and O–H groups in total. The lowest BCUT2D eigenvalue weighted by Crippen LogP contribution is -1.95. The number of halogens is 1. The molecule has 1 aromatic carbocycles. The zero-order valence-corrected chi connectivity index (χ0v) is 8.99. The minimum atomic E-state index is 0.308. The summed E-state index contributed by atoms with van der Waals surface area (Å²) in [4.78, 5) is 7.95.